The van der Waals surface area contributed by atoms with E-state index in [0.717, 1.165) is 12.3 Å². The van der Waals surface area contributed by atoms with Crippen LogP contribution < -0.4 is 10.1 Å². The zero-order chi connectivity index (χ0) is 13.0. The lowest BCUT2D eigenvalue weighted by atomic mass is 10.1. The summed E-state index contributed by atoms with van der Waals surface area (Å²) >= 11 is 0. The Hall–Kier alpha value is -1.39. The van der Waals surface area contributed by atoms with Crippen LogP contribution in [-0.2, 0) is 0 Å². The number of hydrogen-bond donors (Lipinski definition) is 1. The second-order valence-electron chi connectivity index (χ2n) is 4.82. The zero-order valence-electron chi connectivity index (χ0n) is 10.4. The smallest absolute Gasteiger partial charge is 0.387 e. The van der Waals surface area contributed by atoms with Crippen LogP contribution in [0.15, 0.2) is 18.3 Å². The van der Waals surface area contributed by atoms with E-state index in [9.17, 15) is 8.78 Å². The molecule has 1 aliphatic rings. The van der Waals surface area contributed by atoms with Crippen LogP contribution in [0, 0.1) is 5.92 Å². The van der Waals surface area contributed by atoms with Gasteiger partial charge in [0.15, 0.2) is 0 Å². The van der Waals surface area contributed by atoms with Crippen molar-refractivity contribution >= 4 is 5.82 Å². The number of nitrogens with one attached hydrogen (secondary N) is 1. The van der Waals surface area contributed by atoms with Gasteiger partial charge in [0, 0.05) is 6.04 Å². The van der Waals surface area contributed by atoms with E-state index in [1.165, 1.54) is 31.5 Å². The minimum absolute atomic E-state index is 0.0844. The highest BCUT2D eigenvalue weighted by atomic mass is 19.3. The molecule has 0 radical (unpaired) electrons. The third-order valence-electron chi connectivity index (χ3n) is 3.06. The molecule has 1 unspecified atom stereocenters. The fraction of sp³-hybridized carbons (Fsp3) is 0.615. The highest BCUT2D eigenvalue weighted by molar-refractivity contribution is 5.38. The van der Waals surface area contributed by atoms with Crippen molar-refractivity contribution in [2.75, 3.05) is 5.32 Å². The largest absolute Gasteiger partial charge is 0.433 e. The van der Waals surface area contributed by atoms with E-state index in [-0.39, 0.29) is 5.75 Å². The van der Waals surface area contributed by atoms with E-state index in [1.807, 2.05) is 0 Å². The van der Waals surface area contributed by atoms with E-state index in [4.69, 9.17) is 0 Å². The average molecular weight is 256 g/mol. The first-order valence-corrected chi connectivity index (χ1v) is 6.31. The van der Waals surface area contributed by atoms with Crippen LogP contribution in [0.25, 0.3) is 0 Å². The van der Waals surface area contributed by atoms with E-state index in [2.05, 4.69) is 22.0 Å². The minimum atomic E-state index is -2.80. The Bertz CT molecular complexity index is 366. The van der Waals surface area contributed by atoms with Gasteiger partial charge in [-0.05, 0) is 37.8 Å². The summed E-state index contributed by atoms with van der Waals surface area (Å²) in [5.74, 6) is 1.70. The summed E-state index contributed by atoms with van der Waals surface area (Å²) in [6, 6.07) is 3.50. The lowest BCUT2D eigenvalue weighted by Crippen LogP contribution is -2.16. The fourth-order valence-electron chi connectivity index (χ4n) is 1.86. The minimum Gasteiger partial charge on any atom is -0.433 e. The van der Waals surface area contributed by atoms with Gasteiger partial charge in [-0.15, -0.1) is 0 Å². The van der Waals surface area contributed by atoms with Crippen LogP contribution in [-0.4, -0.2) is 17.6 Å². The van der Waals surface area contributed by atoms with Crippen molar-refractivity contribution in [3.63, 3.8) is 0 Å². The molecule has 100 valence electrons. The molecule has 1 heterocycles. The molecule has 1 aliphatic carbocycles. The Kier molecular flexibility index (Phi) is 4.33. The molecule has 1 N–H and O–H groups in total. The molecular formula is C13H18F2N2O. The molecule has 1 saturated carbocycles. The van der Waals surface area contributed by atoms with Gasteiger partial charge in [0.1, 0.15) is 11.6 Å². The maximum Gasteiger partial charge on any atom is 0.387 e. The molecule has 0 saturated heterocycles. The number of ether oxygens (including phenoxy) is 1. The molecule has 0 bridgehead atoms. The number of pyridine rings is 1. The monoisotopic (exact) mass is 256 g/mol. The molecule has 0 aromatic carbocycles. The molecule has 0 aliphatic heterocycles. The van der Waals surface area contributed by atoms with Crippen LogP contribution >= 0.6 is 0 Å². The van der Waals surface area contributed by atoms with Gasteiger partial charge in [0.05, 0.1) is 6.20 Å². The molecule has 1 atom stereocenters. The first-order valence-electron chi connectivity index (χ1n) is 6.31. The molecule has 2 rings (SSSR count). The van der Waals surface area contributed by atoms with Crippen molar-refractivity contribution in [2.45, 2.75) is 45.3 Å². The number of nitrogens with zero attached hydrogens (tertiary/aromatic N) is 1. The van der Waals surface area contributed by atoms with E-state index >= 15 is 0 Å². The number of anilines is 1. The topological polar surface area (TPSA) is 34.1 Å². The second kappa shape index (κ2) is 5.98. The van der Waals surface area contributed by atoms with E-state index < -0.39 is 6.61 Å². The predicted molar refractivity (Wildman–Crippen MR) is 65.9 cm³/mol. The van der Waals surface area contributed by atoms with Gasteiger partial charge in [-0.2, -0.15) is 8.78 Å². The highest BCUT2D eigenvalue weighted by Gasteiger charge is 2.21. The Morgan fingerprint density at radius 2 is 2.22 bits per heavy atom. The Morgan fingerprint density at radius 1 is 1.44 bits per heavy atom. The van der Waals surface area contributed by atoms with Crippen molar-refractivity contribution in [3.8, 4) is 5.75 Å². The van der Waals surface area contributed by atoms with Crippen LogP contribution in [0.5, 0.6) is 5.75 Å². The molecule has 1 aromatic rings. The van der Waals surface area contributed by atoms with Gasteiger partial charge in [-0.25, -0.2) is 4.98 Å². The van der Waals surface area contributed by atoms with E-state index in [0.29, 0.717) is 11.9 Å². The summed E-state index contributed by atoms with van der Waals surface area (Å²) in [5.41, 5.74) is 0. The first kappa shape index (κ1) is 13.1. The van der Waals surface area contributed by atoms with Gasteiger partial charge in [0.2, 0.25) is 0 Å². The number of hydrogen-bond acceptors (Lipinski definition) is 3. The molecule has 1 fully saturated rings. The SMILES string of the molecule is CC(CCC1CC1)Nc1ccc(OC(F)F)cn1. The second-order valence-corrected chi connectivity index (χ2v) is 4.82. The fourth-order valence-corrected chi connectivity index (χ4v) is 1.86. The summed E-state index contributed by atoms with van der Waals surface area (Å²) in [6.45, 7) is -0.698. The molecule has 3 nitrogen and oxygen atoms in total. The standard InChI is InChI=1S/C13H18F2N2O/c1-9(2-3-10-4-5-10)17-12-7-6-11(8-16-12)18-13(14)15/h6-10,13H,2-5H2,1H3,(H,16,17). The summed E-state index contributed by atoms with van der Waals surface area (Å²) in [5, 5.41) is 3.25. The van der Waals surface area contributed by atoms with Gasteiger partial charge in [0.25, 0.3) is 0 Å². The third-order valence-corrected chi connectivity index (χ3v) is 3.06. The normalized spacial score (nSPS) is 16.7. The average Bonchev–Trinajstić information content (AvgIpc) is 3.12. The van der Waals surface area contributed by atoms with Crippen molar-refractivity contribution in [1.29, 1.82) is 0 Å². The van der Waals surface area contributed by atoms with Crippen LogP contribution in [0.4, 0.5) is 14.6 Å². The maximum absolute atomic E-state index is 11.9. The lowest BCUT2D eigenvalue weighted by molar-refractivity contribution is -0.0500. The molecule has 18 heavy (non-hydrogen) atoms. The number of alkyl halides is 2. The number of rotatable bonds is 7. The lowest BCUT2D eigenvalue weighted by Gasteiger charge is -2.14. The molecule has 0 spiro atoms. The first-order chi connectivity index (χ1) is 8.63. The third kappa shape index (κ3) is 4.47. The van der Waals surface area contributed by atoms with Gasteiger partial charge in [-0.1, -0.05) is 12.8 Å². The van der Waals surface area contributed by atoms with Gasteiger partial charge >= 0.3 is 6.61 Å². The summed E-state index contributed by atoms with van der Waals surface area (Å²) in [6.07, 6.45) is 6.40. The predicted octanol–water partition coefficient (Wildman–Crippen LogP) is 3.67. The van der Waals surface area contributed by atoms with E-state index in [1.54, 1.807) is 6.07 Å². The molecular weight excluding hydrogens is 238 g/mol. The Labute approximate surface area is 106 Å². The van der Waals surface area contributed by atoms with Crippen molar-refractivity contribution < 1.29 is 13.5 Å². The Morgan fingerprint density at radius 3 is 2.78 bits per heavy atom. The zero-order valence-corrected chi connectivity index (χ0v) is 10.4. The number of halogens is 2. The van der Waals surface area contributed by atoms with Crippen LogP contribution in [0.3, 0.4) is 0 Å². The van der Waals surface area contributed by atoms with Crippen molar-refractivity contribution in [3.05, 3.63) is 18.3 Å². The van der Waals surface area contributed by atoms with Gasteiger partial charge < -0.3 is 10.1 Å². The quantitative estimate of drug-likeness (QED) is 0.808. The summed E-state index contributed by atoms with van der Waals surface area (Å²) in [4.78, 5) is 4.05. The highest BCUT2D eigenvalue weighted by Crippen LogP contribution is 2.34. The van der Waals surface area contributed by atoms with Crippen molar-refractivity contribution in [2.24, 2.45) is 5.92 Å². The number of aromatic nitrogens is 1. The van der Waals surface area contributed by atoms with Crippen LogP contribution in [0.2, 0.25) is 0 Å². The van der Waals surface area contributed by atoms with Gasteiger partial charge in [-0.3, -0.25) is 0 Å². The molecule has 0 amide bonds. The summed E-state index contributed by atoms with van der Waals surface area (Å²) in [7, 11) is 0. The van der Waals surface area contributed by atoms with Crippen molar-refractivity contribution in [1.82, 2.24) is 4.98 Å². The molecule has 5 heteroatoms. The van der Waals surface area contributed by atoms with Crippen LogP contribution in [0.1, 0.15) is 32.6 Å². The Balaban J connectivity index is 1.77. The maximum atomic E-state index is 11.9. The molecule has 1 aromatic heterocycles. The summed E-state index contributed by atoms with van der Waals surface area (Å²) < 4.78 is 28.1.